The molecule has 0 amide bonds. The normalized spacial score (nSPS) is 11.9. The summed E-state index contributed by atoms with van der Waals surface area (Å²) in [5, 5.41) is 7.40. The fourth-order valence-electron chi connectivity index (χ4n) is 2.42. The molecule has 1 aromatic heterocycles. The topological polar surface area (TPSA) is 29.9 Å². The molecule has 1 heterocycles. The zero-order chi connectivity index (χ0) is 15.6. The lowest BCUT2D eigenvalue weighted by atomic mass is 10.1. The van der Waals surface area contributed by atoms with Gasteiger partial charge in [-0.2, -0.15) is 18.3 Å². The molecule has 1 N–H and O–H groups in total. The fourth-order valence-corrected chi connectivity index (χ4v) is 2.42. The number of alkyl halides is 3. The highest BCUT2D eigenvalue weighted by atomic mass is 19.4. The molecule has 0 spiro atoms. The molecule has 0 saturated carbocycles. The monoisotopic (exact) mass is 297 g/mol. The summed E-state index contributed by atoms with van der Waals surface area (Å²) in [7, 11) is 1.83. The quantitative estimate of drug-likeness (QED) is 0.938. The molecule has 0 atom stereocenters. The Morgan fingerprint density at radius 1 is 1.19 bits per heavy atom. The highest BCUT2D eigenvalue weighted by molar-refractivity contribution is 5.31. The minimum atomic E-state index is -4.35. The van der Waals surface area contributed by atoms with E-state index >= 15 is 0 Å². The Balaban J connectivity index is 2.38. The van der Waals surface area contributed by atoms with Gasteiger partial charge >= 0.3 is 6.18 Å². The van der Waals surface area contributed by atoms with Crippen molar-refractivity contribution in [2.75, 3.05) is 7.05 Å². The van der Waals surface area contributed by atoms with Crippen molar-refractivity contribution in [3.05, 3.63) is 52.3 Å². The van der Waals surface area contributed by atoms with Gasteiger partial charge in [0.15, 0.2) is 0 Å². The second-order valence-corrected chi connectivity index (χ2v) is 4.99. The van der Waals surface area contributed by atoms with Gasteiger partial charge in [0, 0.05) is 17.8 Å². The van der Waals surface area contributed by atoms with Gasteiger partial charge < -0.3 is 5.32 Å². The van der Waals surface area contributed by atoms with Crippen LogP contribution in [0.4, 0.5) is 13.2 Å². The predicted octanol–water partition coefficient (Wildman–Crippen LogP) is 3.29. The summed E-state index contributed by atoms with van der Waals surface area (Å²) in [5.41, 5.74) is 2.38. The van der Waals surface area contributed by atoms with Gasteiger partial charge in [0.05, 0.1) is 17.8 Å². The third kappa shape index (κ3) is 3.26. The number of halogens is 3. The molecule has 0 fully saturated rings. The molecule has 6 heteroatoms. The summed E-state index contributed by atoms with van der Waals surface area (Å²) >= 11 is 0. The number of aryl methyl sites for hydroxylation is 1. The van der Waals surface area contributed by atoms with Gasteiger partial charge in [0.25, 0.3) is 0 Å². The molecule has 0 radical (unpaired) electrons. The first-order valence-corrected chi connectivity index (χ1v) is 6.67. The summed E-state index contributed by atoms with van der Waals surface area (Å²) in [5.74, 6) is 0. The van der Waals surface area contributed by atoms with Crippen LogP contribution < -0.4 is 5.32 Å². The maximum atomic E-state index is 13.0. The Hall–Kier alpha value is -1.82. The summed E-state index contributed by atoms with van der Waals surface area (Å²) in [6, 6.07) is 5.62. The summed E-state index contributed by atoms with van der Waals surface area (Å²) in [4.78, 5) is 0. The maximum absolute atomic E-state index is 13.0. The van der Waals surface area contributed by atoms with Gasteiger partial charge in [-0.25, -0.2) is 0 Å². The molecule has 0 saturated heterocycles. The molecule has 21 heavy (non-hydrogen) atoms. The lowest BCUT2D eigenvalue weighted by Crippen LogP contribution is -2.13. The highest BCUT2D eigenvalue weighted by Gasteiger charge is 2.33. The van der Waals surface area contributed by atoms with Crippen LogP contribution in [0.2, 0.25) is 0 Å². The number of aromatic nitrogens is 2. The van der Waals surface area contributed by atoms with Gasteiger partial charge in [-0.05, 0) is 32.5 Å². The lowest BCUT2D eigenvalue weighted by molar-refractivity contribution is -0.138. The predicted molar refractivity (Wildman–Crippen MR) is 75.0 cm³/mol. The van der Waals surface area contributed by atoms with Crippen LogP contribution in [0.3, 0.4) is 0 Å². The van der Waals surface area contributed by atoms with Crippen molar-refractivity contribution in [1.82, 2.24) is 15.1 Å². The molecular weight excluding hydrogens is 279 g/mol. The second-order valence-electron chi connectivity index (χ2n) is 4.99. The molecular formula is C15H18F3N3. The maximum Gasteiger partial charge on any atom is 0.416 e. The molecule has 0 aliphatic carbocycles. The van der Waals surface area contributed by atoms with E-state index in [0.717, 1.165) is 23.0 Å². The zero-order valence-electron chi connectivity index (χ0n) is 12.3. The van der Waals surface area contributed by atoms with Crippen LogP contribution >= 0.6 is 0 Å². The number of rotatable bonds is 4. The Labute approximate surface area is 121 Å². The first-order valence-electron chi connectivity index (χ1n) is 6.67. The molecule has 0 aliphatic heterocycles. The third-order valence-electron chi connectivity index (χ3n) is 3.53. The Morgan fingerprint density at radius 3 is 2.48 bits per heavy atom. The van der Waals surface area contributed by atoms with Gasteiger partial charge in [-0.1, -0.05) is 18.2 Å². The molecule has 0 bridgehead atoms. The summed E-state index contributed by atoms with van der Waals surface area (Å²) in [6.07, 6.45) is -4.35. The molecule has 0 unspecified atom stereocenters. The van der Waals surface area contributed by atoms with Crippen molar-refractivity contribution in [2.24, 2.45) is 0 Å². The van der Waals surface area contributed by atoms with Crippen LogP contribution in [0.25, 0.3) is 0 Å². The molecule has 1 aromatic carbocycles. The second kappa shape index (κ2) is 5.89. The van der Waals surface area contributed by atoms with Crippen molar-refractivity contribution in [3.8, 4) is 0 Å². The lowest BCUT2D eigenvalue weighted by Gasteiger charge is -2.13. The van der Waals surface area contributed by atoms with E-state index in [4.69, 9.17) is 0 Å². The smallest absolute Gasteiger partial charge is 0.316 e. The van der Waals surface area contributed by atoms with Crippen LogP contribution in [0.1, 0.15) is 28.1 Å². The van der Waals surface area contributed by atoms with Crippen LogP contribution in [-0.2, 0) is 19.3 Å². The molecule has 3 nitrogen and oxygen atoms in total. The van der Waals surface area contributed by atoms with Crippen molar-refractivity contribution >= 4 is 0 Å². The van der Waals surface area contributed by atoms with E-state index in [1.165, 1.54) is 12.1 Å². The number of hydrogen-bond acceptors (Lipinski definition) is 2. The standard InChI is InChI=1S/C15H18F3N3/c1-10-13(8-19-3)11(2)21(20-10)9-12-6-4-5-7-14(12)15(16,17)18/h4-7,19H,8-9H2,1-3H3. The van der Waals surface area contributed by atoms with Crippen molar-refractivity contribution in [2.45, 2.75) is 33.1 Å². The van der Waals surface area contributed by atoms with Crippen molar-refractivity contribution < 1.29 is 13.2 Å². The van der Waals surface area contributed by atoms with Crippen molar-refractivity contribution in [1.29, 1.82) is 0 Å². The van der Waals surface area contributed by atoms with E-state index in [-0.39, 0.29) is 12.1 Å². The van der Waals surface area contributed by atoms with Crippen LogP contribution in [0, 0.1) is 13.8 Å². The fraction of sp³-hybridized carbons (Fsp3) is 0.400. The minimum Gasteiger partial charge on any atom is -0.316 e. The van der Waals surface area contributed by atoms with E-state index in [1.807, 2.05) is 20.9 Å². The average molecular weight is 297 g/mol. The average Bonchev–Trinajstić information content (AvgIpc) is 2.66. The van der Waals surface area contributed by atoms with Gasteiger partial charge in [0.2, 0.25) is 0 Å². The van der Waals surface area contributed by atoms with E-state index in [0.29, 0.717) is 6.54 Å². The van der Waals surface area contributed by atoms with E-state index in [2.05, 4.69) is 10.4 Å². The third-order valence-corrected chi connectivity index (χ3v) is 3.53. The summed E-state index contributed by atoms with van der Waals surface area (Å²) < 4.78 is 40.7. The zero-order valence-corrected chi connectivity index (χ0v) is 12.3. The van der Waals surface area contributed by atoms with E-state index in [1.54, 1.807) is 10.7 Å². The number of nitrogens with one attached hydrogen (secondary N) is 1. The SMILES string of the molecule is CNCc1c(C)nn(Cc2ccccc2C(F)(F)F)c1C. The Morgan fingerprint density at radius 2 is 1.86 bits per heavy atom. The van der Waals surface area contributed by atoms with Gasteiger partial charge in [-0.15, -0.1) is 0 Å². The Bertz CT molecular complexity index is 630. The Kier molecular flexibility index (Phi) is 4.37. The number of benzene rings is 1. The van der Waals surface area contributed by atoms with Gasteiger partial charge in [0.1, 0.15) is 0 Å². The molecule has 0 aliphatic rings. The van der Waals surface area contributed by atoms with Crippen LogP contribution in [0.5, 0.6) is 0 Å². The number of hydrogen-bond donors (Lipinski definition) is 1. The first kappa shape index (κ1) is 15.6. The first-order chi connectivity index (χ1) is 9.84. The molecule has 2 aromatic rings. The minimum absolute atomic E-state index is 0.117. The van der Waals surface area contributed by atoms with Crippen molar-refractivity contribution in [3.63, 3.8) is 0 Å². The van der Waals surface area contributed by atoms with Crippen LogP contribution in [-0.4, -0.2) is 16.8 Å². The molecule has 2 rings (SSSR count). The van der Waals surface area contributed by atoms with E-state index in [9.17, 15) is 13.2 Å². The highest BCUT2D eigenvalue weighted by Crippen LogP contribution is 2.32. The largest absolute Gasteiger partial charge is 0.416 e. The number of nitrogens with zero attached hydrogens (tertiary/aromatic N) is 2. The molecule has 114 valence electrons. The van der Waals surface area contributed by atoms with Gasteiger partial charge in [-0.3, -0.25) is 4.68 Å². The van der Waals surface area contributed by atoms with E-state index < -0.39 is 11.7 Å². The summed E-state index contributed by atoms with van der Waals surface area (Å²) in [6.45, 7) is 4.51. The van der Waals surface area contributed by atoms with Crippen LogP contribution in [0.15, 0.2) is 24.3 Å².